The zero-order valence-corrected chi connectivity index (χ0v) is 15.0. The third kappa shape index (κ3) is 4.01. The number of nitrogens with zero attached hydrogens (tertiary/aromatic N) is 4. The van der Waals surface area contributed by atoms with E-state index in [0.29, 0.717) is 9.81 Å². The summed E-state index contributed by atoms with van der Waals surface area (Å²) in [5, 5.41) is 13.7. The predicted octanol–water partition coefficient (Wildman–Crippen LogP) is 3.17. The number of amides is 1. The molecule has 0 atom stereocenters. The molecule has 0 aliphatic carbocycles. The second kappa shape index (κ2) is 7.76. The molecule has 0 bridgehead atoms. The number of nitrogens with one attached hydrogen (secondary N) is 1. The highest BCUT2D eigenvalue weighted by Gasteiger charge is 2.41. The Morgan fingerprint density at radius 3 is 2.54 bits per heavy atom. The van der Waals surface area contributed by atoms with Crippen LogP contribution in [0.3, 0.4) is 0 Å². The molecule has 28 heavy (non-hydrogen) atoms. The first kappa shape index (κ1) is 19.5. The van der Waals surface area contributed by atoms with Crippen molar-refractivity contribution < 1.29 is 27.5 Å². The van der Waals surface area contributed by atoms with Gasteiger partial charge in [0.05, 0.1) is 18.5 Å². The van der Waals surface area contributed by atoms with Crippen molar-refractivity contribution in [2.24, 2.45) is 0 Å². The average Bonchev–Trinajstić information content (AvgIpc) is 3.31. The molecule has 3 aromatic rings. The van der Waals surface area contributed by atoms with Gasteiger partial charge in [-0.15, -0.1) is 10.2 Å². The Hall–Kier alpha value is -3.28. The number of halogens is 3. The Morgan fingerprint density at radius 2 is 1.96 bits per heavy atom. The number of carbonyl (C=O) groups excluding carboxylic acids is 2. The minimum Gasteiger partial charge on any atom is -0.462 e. The van der Waals surface area contributed by atoms with Crippen LogP contribution in [0.4, 0.5) is 18.3 Å². The van der Waals surface area contributed by atoms with Gasteiger partial charge in [0.25, 0.3) is 5.91 Å². The fourth-order valence-electron chi connectivity index (χ4n) is 2.33. The SMILES string of the molecule is CCOC(=O)c1cnn(-c2ccc(C(=O)Nc3nncs3)cc2)c1C(F)(F)F. The van der Waals surface area contributed by atoms with E-state index in [1.807, 2.05) is 0 Å². The van der Waals surface area contributed by atoms with Gasteiger partial charge in [-0.2, -0.15) is 18.3 Å². The summed E-state index contributed by atoms with van der Waals surface area (Å²) in [6.45, 7) is 1.42. The van der Waals surface area contributed by atoms with Gasteiger partial charge in [0.15, 0.2) is 5.69 Å². The van der Waals surface area contributed by atoms with Crippen LogP contribution in [-0.4, -0.2) is 38.5 Å². The van der Waals surface area contributed by atoms with Gasteiger partial charge in [0, 0.05) is 5.56 Å². The maximum atomic E-state index is 13.5. The molecule has 12 heteroatoms. The summed E-state index contributed by atoms with van der Waals surface area (Å²) < 4.78 is 45.7. The molecule has 1 amide bonds. The van der Waals surface area contributed by atoms with E-state index in [9.17, 15) is 22.8 Å². The minimum absolute atomic E-state index is 0.0235. The monoisotopic (exact) mass is 411 g/mol. The zero-order chi connectivity index (χ0) is 20.3. The van der Waals surface area contributed by atoms with Gasteiger partial charge in [-0.3, -0.25) is 10.1 Å². The van der Waals surface area contributed by atoms with Crippen LogP contribution in [0.2, 0.25) is 0 Å². The van der Waals surface area contributed by atoms with E-state index < -0.39 is 29.3 Å². The molecule has 0 unspecified atom stereocenters. The second-order valence-electron chi connectivity index (χ2n) is 5.28. The minimum atomic E-state index is -4.84. The fourth-order valence-corrected chi connectivity index (χ4v) is 2.77. The van der Waals surface area contributed by atoms with Gasteiger partial charge < -0.3 is 4.74 Å². The first-order valence-corrected chi connectivity index (χ1v) is 8.69. The number of alkyl halides is 3. The molecule has 0 aliphatic heterocycles. The standard InChI is InChI=1S/C16H12F3N5O3S/c1-2-27-14(26)11-7-21-24(12(11)16(17,18)19)10-5-3-9(4-6-10)13(25)22-15-23-20-8-28-15/h3-8H,2H2,1H3,(H,22,23,25). The number of benzene rings is 1. The van der Waals surface area contributed by atoms with E-state index in [1.54, 1.807) is 0 Å². The molecular weight excluding hydrogens is 399 g/mol. The molecule has 0 spiro atoms. The molecule has 8 nitrogen and oxygen atoms in total. The third-order valence-electron chi connectivity index (χ3n) is 3.49. The summed E-state index contributed by atoms with van der Waals surface area (Å²) >= 11 is 1.12. The highest BCUT2D eigenvalue weighted by Crippen LogP contribution is 2.34. The van der Waals surface area contributed by atoms with E-state index in [-0.39, 0.29) is 17.9 Å². The van der Waals surface area contributed by atoms with E-state index in [1.165, 1.54) is 36.7 Å². The normalized spacial score (nSPS) is 11.3. The molecular formula is C16H12F3N5O3S. The Bertz CT molecular complexity index is 984. The lowest BCUT2D eigenvalue weighted by molar-refractivity contribution is -0.143. The van der Waals surface area contributed by atoms with E-state index in [2.05, 4.69) is 25.3 Å². The van der Waals surface area contributed by atoms with Crippen LogP contribution in [0.5, 0.6) is 0 Å². The Morgan fingerprint density at radius 1 is 1.25 bits per heavy atom. The topological polar surface area (TPSA) is 99.0 Å². The summed E-state index contributed by atoms with van der Waals surface area (Å²) in [5.41, 5.74) is -0.277. The lowest BCUT2D eigenvalue weighted by atomic mass is 10.2. The highest BCUT2D eigenvalue weighted by atomic mass is 32.1. The number of hydrogen-bond acceptors (Lipinski definition) is 7. The number of rotatable bonds is 5. The van der Waals surface area contributed by atoms with Gasteiger partial charge in [-0.05, 0) is 31.2 Å². The lowest BCUT2D eigenvalue weighted by Gasteiger charge is -2.12. The predicted molar refractivity (Wildman–Crippen MR) is 92.4 cm³/mol. The summed E-state index contributed by atoms with van der Waals surface area (Å²) in [5.74, 6) is -1.61. The average molecular weight is 411 g/mol. The molecule has 0 fully saturated rings. The van der Waals surface area contributed by atoms with Gasteiger partial charge in [0.2, 0.25) is 5.13 Å². The highest BCUT2D eigenvalue weighted by molar-refractivity contribution is 7.13. The van der Waals surface area contributed by atoms with Crippen LogP contribution in [0, 0.1) is 0 Å². The van der Waals surface area contributed by atoms with Gasteiger partial charge in [-0.1, -0.05) is 11.3 Å². The van der Waals surface area contributed by atoms with E-state index in [0.717, 1.165) is 17.5 Å². The summed E-state index contributed by atoms with van der Waals surface area (Å²) in [6, 6.07) is 5.23. The number of ether oxygens (including phenoxy) is 1. The van der Waals surface area contributed by atoms with Crippen molar-refractivity contribution in [2.75, 3.05) is 11.9 Å². The maximum Gasteiger partial charge on any atom is 0.434 e. The molecule has 1 N–H and O–H groups in total. The Labute approximate surface area is 160 Å². The Balaban J connectivity index is 1.91. The van der Waals surface area contributed by atoms with Crippen LogP contribution < -0.4 is 5.32 Å². The lowest BCUT2D eigenvalue weighted by Crippen LogP contribution is -2.18. The van der Waals surface area contributed by atoms with Gasteiger partial charge >= 0.3 is 12.1 Å². The first-order valence-electron chi connectivity index (χ1n) is 7.81. The van der Waals surface area contributed by atoms with E-state index >= 15 is 0 Å². The number of esters is 1. The van der Waals surface area contributed by atoms with Crippen molar-refractivity contribution in [3.05, 3.63) is 52.8 Å². The first-order chi connectivity index (χ1) is 13.3. The van der Waals surface area contributed by atoms with Crippen LogP contribution in [0.25, 0.3) is 5.69 Å². The van der Waals surface area contributed by atoms with Crippen molar-refractivity contribution in [3.63, 3.8) is 0 Å². The van der Waals surface area contributed by atoms with Gasteiger partial charge in [0.1, 0.15) is 11.1 Å². The number of anilines is 1. The van der Waals surface area contributed by atoms with Crippen LogP contribution in [-0.2, 0) is 10.9 Å². The van der Waals surface area contributed by atoms with Crippen molar-refractivity contribution in [3.8, 4) is 5.69 Å². The quantitative estimate of drug-likeness (QED) is 0.648. The van der Waals surface area contributed by atoms with Crippen LogP contribution in [0.15, 0.2) is 36.0 Å². The molecule has 2 aromatic heterocycles. The van der Waals surface area contributed by atoms with Crippen LogP contribution in [0.1, 0.15) is 33.3 Å². The van der Waals surface area contributed by atoms with Crippen molar-refractivity contribution in [2.45, 2.75) is 13.1 Å². The second-order valence-corrected chi connectivity index (χ2v) is 6.11. The molecule has 2 heterocycles. The fraction of sp³-hybridized carbons (Fsp3) is 0.188. The summed E-state index contributed by atoms with van der Waals surface area (Å²) in [6.07, 6.45) is -4.04. The number of hydrogen-bond donors (Lipinski definition) is 1. The van der Waals surface area contributed by atoms with Crippen molar-refractivity contribution in [1.82, 2.24) is 20.0 Å². The zero-order valence-electron chi connectivity index (χ0n) is 14.2. The molecule has 146 valence electrons. The molecule has 0 radical (unpaired) electrons. The molecule has 1 aromatic carbocycles. The van der Waals surface area contributed by atoms with Crippen molar-refractivity contribution in [1.29, 1.82) is 0 Å². The number of aromatic nitrogens is 4. The van der Waals surface area contributed by atoms with Crippen molar-refractivity contribution >= 4 is 28.3 Å². The van der Waals surface area contributed by atoms with E-state index in [4.69, 9.17) is 0 Å². The molecule has 0 saturated carbocycles. The maximum absolute atomic E-state index is 13.5. The number of carbonyl (C=O) groups is 2. The third-order valence-corrected chi connectivity index (χ3v) is 4.09. The molecule has 0 saturated heterocycles. The van der Waals surface area contributed by atoms with Gasteiger partial charge in [-0.25, -0.2) is 9.48 Å². The largest absolute Gasteiger partial charge is 0.462 e. The Kier molecular flexibility index (Phi) is 5.40. The summed E-state index contributed by atoms with van der Waals surface area (Å²) in [7, 11) is 0. The molecule has 0 aliphatic rings. The summed E-state index contributed by atoms with van der Waals surface area (Å²) in [4.78, 5) is 23.9. The molecule has 3 rings (SSSR count). The van der Waals surface area contributed by atoms with Crippen LogP contribution >= 0.6 is 11.3 Å². The smallest absolute Gasteiger partial charge is 0.434 e.